The topological polar surface area (TPSA) is 55.1 Å². The highest BCUT2D eigenvalue weighted by Crippen LogP contribution is 2.46. The lowest BCUT2D eigenvalue weighted by atomic mass is 9.76. The van der Waals surface area contributed by atoms with Crippen molar-refractivity contribution in [2.24, 2.45) is 23.0 Å². The van der Waals surface area contributed by atoms with E-state index in [0.717, 1.165) is 12.5 Å². The van der Waals surface area contributed by atoms with Crippen LogP contribution in [0.15, 0.2) is 0 Å². The molecule has 3 nitrogen and oxygen atoms in total. The Hall–Kier alpha value is -0.730. The first-order chi connectivity index (χ1) is 5.94. The molecule has 0 heterocycles. The van der Waals surface area contributed by atoms with E-state index in [1.54, 1.807) is 0 Å². The Bertz CT molecular complexity index is 201. The Kier molecular flexibility index (Phi) is 2.84. The molecule has 1 saturated carbocycles. The fraction of sp³-hybridized carbons (Fsp3) is 0.900. The zero-order valence-electron chi connectivity index (χ0n) is 8.76. The summed E-state index contributed by atoms with van der Waals surface area (Å²) in [4.78, 5) is 10.6. The molecule has 1 aliphatic rings. The van der Waals surface area contributed by atoms with Gasteiger partial charge in [0.15, 0.2) is 0 Å². The van der Waals surface area contributed by atoms with Crippen molar-refractivity contribution in [2.45, 2.75) is 33.6 Å². The molecule has 3 N–H and O–H groups in total. The van der Waals surface area contributed by atoms with Gasteiger partial charge in [0.2, 0.25) is 0 Å². The van der Waals surface area contributed by atoms with Gasteiger partial charge in [0.25, 0.3) is 0 Å². The molecule has 0 saturated heterocycles. The molecule has 0 aromatic rings. The highest BCUT2D eigenvalue weighted by Gasteiger charge is 2.39. The van der Waals surface area contributed by atoms with E-state index < -0.39 is 6.03 Å². The van der Waals surface area contributed by atoms with Gasteiger partial charge in [0, 0.05) is 6.54 Å². The lowest BCUT2D eigenvalue weighted by Gasteiger charge is -2.31. The fourth-order valence-corrected chi connectivity index (χ4v) is 2.19. The SMILES string of the molecule is CC1CCC(CNC(N)=O)C1(C)C. The van der Waals surface area contributed by atoms with Crippen molar-refractivity contribution in [3.63, 3.8) is 0 Å². The second kappa shape index (κ2) is 3.56. The molecule has 0 aliphatic heterocycles. The summed E-state index contributed by atoms with van der Waals surface area (Å²) in [6, 6.07) is -0.407. The lowest BCUT2D eigenvalue weighted by molar-refractivity contribution is 0.192. The third kappa shape index (κ3) is 2.14. The Morgan fingerprint density at radius 1 is 1.54 bits per heavy atom. The van der Waals surface area contributed by atoms with Crippen molar-refractivity contribution in [3.05, 3.63) is 0 Å². The van der Waals surface area contributed by atoms with Gasteiger partial charge in [-0.2, -0.15) is 0 Å². The van der Waals surface area contributed by atoms with Crippen molar-refractivity contribution in [1.29, 1.82) is 0 Å². The Morgan fingerprint density at radius 2 is 2.15 bits per heavy atom. The van der Waals surface area contributed by atoms with Crippen molar-refractivity contribution in [2.75, 3.05) is 6.54 Å². The van der Waals surface area contributed by atoms with Crippen molar-refractivity contribution in [3.8, 4) is 0 Å². The quantitative estimate of drug-likeness (QED) is 0.674. The average molecular weight is 184 g/mol. The highest BCUT2D eigenvalue weighted by molar-refractivity contribution is 5.71. The van der Waals surface area contributed by atoms with Crippen LogP contribution in [-0.2, 0) is 0 Å². The molecule has 1 rings (SSSR count). The number of rotatable bonds is 2. The molecule has 13 heavy (non-hydrogen) atoms. The Morgan fingerprint density at radius 3 is 2.54 bits per heavy atom. The van der Waals surface area contributed by atoms with E-state index >= 15 is 0 Å². The smallest absolute Gasteiger partial charge is 0.312 e. The van der Waals surface area contributed by atoms with E-state index in [0.29, 0.717) is 11.3 Å². The van der Waals surface area contributed by atoms with Crippen LogP contribution in [0.3, 0.4) is 0 Å². The largest absolute Gasteiger partial charge is 0.352 e. The van der Waals surface area contributed by atoms with Crippen molar-refractivity contribution in [1.82, 2.24) is 5.32 Å². The van der Waals surface area contributed by atoms with Crippen LogP contribution in [0.5, 0.6) is 0 Å². The Balaban J connectivity index is 2.47. The van der Waals surface area contributed by atoms with Crippen LogP contribution in [0, 0.1) is 17.3 Å². The summed E-state index contributed by atoms with van der Waals surface area (Å²) in [6.07, 6.45) is 2.46. The molecule has 0 aromatic carbocycles. The van der Waals surface area contributed by atoms with Gasteiger partial charge >= 0.3 is 6.03 Å². The van der Waals surface area contributed by atoms with Gasteiger partial charge in [0.1, 0.15) is 0 Å². The lowest BCUT2D eigenvalue weighted by Crippen LogP contribution is -2.37. The standard InChI is InChI=1S/C10H20N2O/c1-7-4-5-8(10(7,2)3)6-12-9(11)13/h7-8H,4-6H2,1-3H3,(H3,11,12,13). The normalized spacial score (nSPS) is 31.6. The number of amides is 2. The predicted molar refractivity (Wildman–Crippen MR) is 53.3 cm³/mol. The van der Waals surface area contributed by atoms with Gasteiger partial charge in [-0.1, -0.05) is 20.8 Å². The summed E-state index contributed by atoms with van der Waals surface area (Å²) < 4.78 is 0. The molecule has 2 unspecified atom stereocenters. The molecule has 0 radical (unpaired) electrons. The fourth-order valence-electron chi connectivity index (χ4n) is 2.19. The molecular weight excluding hydrogens is 164 g/mol. The monoisotopic (exact) mass is 184 g/mol. The summed E-state index contributed by atoms with van der Waals surface area (Å²) >= 11 is 0. The first-order valence-corrected chi connectivity index (χ1v) is 4.98. The minimum atomic E-state index is -0.407. The number of nitrogens with one attached hydrogen (secondary N) is 1. The minimum Gasteiger partial charge on any atom is -0.352 e. The van der Waals surface area contributed by atoms with Gasteiger partial charge in [-0.15, -0.1) is 0 Å². The number of carbonyl (C=O) groups excluding carboxylic acids is 1. The van der Waals surface area contributed by atoms with Crippen LogP contribution in [0.25, 0.3) is 0 Å². The first kappa shape index (κ1) is 10.4. The van der Waals surface area contributed by atoms with Crippen LogP contribution >= 0.6 is 0 Å². The number of nitrogens with two attached hydrogens (primary N) is 1. The molecule has 1 aliphatic carbocycles. The van der Waals surface area contributed by atoms with Gasteiger partial charge in [-0.05, 0) is 30.1 Å². The van der Waals surface area contributed by atoms with Crippen LogP contribution in [0.2, 0.25) is 0 Å². The maximum absolute atomic E-state index is 10.6. The molecule has 3 heteroatoms. The zero-order valence-corrected chi connectivity index (χ0v) is 8.76. The summed E-state index contributed by atoms with van der Waals surface area (Å²) in [5, 5.41) is 2.70. The Labute approximate surface area is 80.1 Å². The van der Waals surface area contributed by atoms with Crippen LogP contribution < -0.4 is 11.1 Å². The molecule has 76 valence electrons. The van der Waals surface area contributed by atoms with Gasteiger partial charge in [0.05, 0.1) is 0 Å². The molecule has 2 amide bonds. The van der Waals surface area contributed by atoms with Crippen LogP contribution in [-0.4, -0.2) is 12.6 Å². The third-order valence-electron chi connectivity index (χ3n) is 3.79. The summed E-state index contributed by atoms with van der Waals surface area (Å²) in [7, 11) is 0. The van der Waals surface area contributed by atoms with E-state index in [1.807, 2.05) is 0 Å². The van der Waals surface area contributed by atoms with Crippen molar-refractivity contribution < 1.29 is 4.79 Å². The average Bonchev–Trinajstić information content (AvgIpc) is 2.25. The maximum atomic E-state index is 10.6. The van der Waals surface area contributed by atoms with Crippen LogP contribution in [0.4, 0.5) is 4.79 Å². The van der Waals surface area contributed by atoms with E-state index in [2.05, 4.69) is 26.1 Å². The van der Waals surface area contributed by atoms with Gasteiger partial charge in [-0.3, -0.25) is 0 Å². The maximum Gasteiger partial charge on any atom is 0.312 e. The van der Waals surface area contributed by atoms with Gasteiger partial charge < -0.3 is 11.1 Å². The summed E-state index contributed by atoms with van der Waals surface area (Å²) in [6.45, 7) is 7.56. The number of urea groups is 1. The van der Waals surface area contributed by atoms with E-state index in [1.165, 1.54) is 12.8 Å². The van der Waals surface area contributed by atoms with E-state index in [-0.39, 0.29) is 0 Å². The van der Waals surface area contributed by atoms with Crippen LogP contribution in [0.1, 0.15) is 33.6 Å². The summed E-state index contributed by atoms with van der Waals surface area (Å²) in [5.41, 5.74) is 5.38. The molecule has 2 atom stereocenters. The number of hydrogen-bond donors (Lipinski definition) is 2. The second-order valence-electron chi connectivity index (χ2n) is 4.74. The zero-order chi connectivity index (χ0) is 10.1. The van der Waals surface area contributed by atoms with E-state index in [4.69, 9.17) is 5.73 Å². The number of primary amides is 1. The molecule has 0 aromatic heterocycles. The number of carbonyl (C=O) groups is 1. The molecular formula is C10H20N2O. The highest BCUT2D eigenvalue weighted by atomic mass is 16.2. The third-order valence-corrected chi connectivity index (χ3v) is 3.79. The molecule has 0 spiro atoms. The number of hydrogen-bond acceptors (Lipinski definition) is 1. The second-order valence-corrected chi connectivity index (χ2v) is 4.74. The van der Waals surface area contributed by atoms with Crippen molar-refractivity contribution >= 4 is 6.03 Å². The predicted octanol–water partition coefficient (Wildman–Crippen LogP) is 1.73. The van der Waals surface area contributed by atoms with Gasteiger partial charge in [-0.25, -0.2) is 4.79 Å². The summed E-state index contributed by atoms with van der Waals surface area (Å²) in [5.74, 6) is 1.32. The van der Waals surface area contributed by atoms with E-state index in [9.17, 15) is 4.79 Å². The molecule has 0 bridgehead atoms. The first-order valence-electron chi connectivity index (χ1n) is 4.98. The molecule has 1 fully saturated rings. The minimum absolute atomic E-state index is 0.336.